The van der Waals surface area contributed by atoms with Gasteiger partial charge in [0, 0.05) is 39.2 Å². The van der Waals surface area contributed by atoms with E-state index in [1.54, 1.807) is 49.6 Å². The van der Waals surface area contributed by atoms with E-state index < -0.39 is 17.7 Å². The van der Waals surface area contributed by atoms with Gasteiger partial charge in [0.2, 0.25) is 0 Å². The van der Waals surface area contributed by atoms with Crippen LogP contribution in [0.5, 0.6) is 17.2 Å². The zero-order valence-corrected chi connectivity index (χ0v) is 23.2. The highest BCUT2D eigenvalue weighted by molar-refractivity contribution is 9.10. The van der Waals surface area contributed by atoms with E-state index in [-0.39, 0.29) is 17.9 Å². The van der Waals surface area contributed by atoms with Crippen molar-refractivity contribution in [3.8, 4) is 17.2 Å². The second kappa shape index (κ2) is 10.9. The molecular formula is C30H27BrN2O6. The van der Waals surface area contributed by atoms with Gasteiger partial charge in [-0.05, 0) is 60.5 Å². The third-order valence-corrected chi connectivity index (χ3v) is 7.51. The van der Waals surface area contributed by atoms with E-state index in [0.29, 0.717) is 29.0 Å². The average molecular weight is 591 g/mol. The number of halogens is 1. The molecule has 4 aromatic rings. The predicted octanol–water partition coefficient (Wildman–Crippen LogP) is 5.62. The van der Waals surface area contributed by atoms with Gasteiger partial charge in [0.05, 0.1) is 32.9 Å². The Balaban J connectivity index is 1.61. The fourth-order valence-electron chi connectivity index (χ4n) is 4.98. The van der Waals surface area contributed by atoms with Gasteiger partial charge in [-0.3, -0.25) is 9.59 Å². The van der Waals surface area contributed by atoms with Crippen molar-refractivity contribution in [1.29, 1.82) is 0 Å². The molecule has 2 N–H and O–H groups in total. The van der Waals surface area contributed by atoms with Crippen molar-refractivity contribution in [3.63, 3.8) is 0 Å². The van der Waals surface area contributed by atoms with Gasteiger partial charge in [0.15, 0.2) is 0 Å². The zero-order valence-electron chi connectivity index (χ0n) is 21.7. The number of aromatic nitrogens is 1. The topological polar surface area (TPSA) is 101 Å². The molecule has 1 aliphatic heterocycles. The minimum atomic E-state index is -0.890. The van der Waals surface area contributed by atoms with Crippen molar-refractivity contribution >= 4 is 44.3 Å². The maximum Gasteiger partial charge on any atom is 0.295 e. The van der Waals surface area contributed by atoms with Gasteiger partial charge in [-0.1, -0.05) is 28.1 Å². The lowest BCUT2D eigenvalue weighted by Gasteiger charge is -2.27. The summed E-state index contributed by atoms with van der Waals surface area (Å²) in [7, 11) is 4.67. The summed E-state index contributed by atoms with van der Waals surface area (Å²) in [6.07, 6.45) is 2.35. The molecule has 0 radical (unpaired) electrons. The first-order valence-corrected chi connectivity index (χ1v) is 13.1. The molecule has 200 valence electrons. The smallest absolute Gasteiger partial charge is 0.295 e. The number of carbonyl (C=O) groups is 2. The number of fused-ring (bicyclic) bond motifs is 1. The monoisotopic (exact) mass is 590 g/mol. The van der Waals surface area contributed by atoms with Gasteiger partial charge in [-0.25, -0.2) is 0 Å². The van der Waals surface area contributed by atoms with Crippen LogP contribution in [0.4, 0.5) is 0 Å². The number of hydrogen-bond donors (Lipinski definition) is 2. The molecule has 0 spiro atoms. The van der Waals surface area contributed by atoms with Gasteiger partial charge in [-0.2, -0.15) is 0 Å². The molecule has 1 amide bonds. The van der Waals surface area contributed by atoms with Crippen molar-refractivity contribution in [2.75, 3.05) is 27.9 Å². The van der Waals surface area contributed by atoms with E-state index in [4.69, 9.17) is 14.2 Å². The van der Waals surface area contributed by atoms with Crippen molar-refractivity contribution in [3.05, 3.63) is 93.6 Å². The van der Waals surface area contributed by atoms with Gasteiger partial charge < -0.3 is 29.2 Å². The number of ketones is 1. The number of nitrogens with one attached hydrogen (secondary N) is 1. The quantitative estimate of drug-likeness (QED) is 0.157. The number of likely N-dealkylation sites (tertiary alicyclic amines) is 1. The predicted molar refractivity (Wildman–Crippen MR) is 151 cm³/mol. The molecule has 8 nitrogen and oxygen atoms in total. The highest BCUT2D eigenvalue weighted by atomic mass is 79.9. The van der Waals surface area contributed by atoms with Crippen LogP contribution in [0.3, 0.4) is 0 Å². The van der Waals surface area contributed by atoms with E-state index in [1.165, 1.54) is 19.1 Å². The number of nitrogens with zero attached hydrogens (tertiary/aromatic N) is 1. The number of rotatable bonds is 8. The Morgan fingerprint density at radius 1 is 0.949 bits per heavy atom. The van der Waals surface area contributed by atoms with Gasteiger partial charge in [0.25, 0.3) is 11.7 Å². The van der Waals surface area contributed by atoms with E-state index in [2.05, 4.69) is 20.9 Å². The molecule has 0 bridgehead atoms. The van der Waals surface area contributed by atoms with Crippen LogP contribution in [0.15, 0.2) is 76.9 Å². The average Bonchev–Trinajstić information content (AvgIpc) is 3.48. The largest absolute Gasteiger partial charge is 0.507 e. The van der Waals surface area contributed by atoms with Crippen molar-refractivity contribution in [1.82, 2.24) is 9.88 Å². The van der Waals surface area contributed by atoms with E-state index in [9.17, 15) is 14.7 Å². The molecule has 1 aromatic heterocycles. The molecule has 3 aromatic carbocycles. The zero-order chi connectivity index (χ0) is 27.7. The summed E-state index contributed by atoms with van der Waals surface area (Å²) in [4.78, 5) is 31.7. The lowest BCUT2D eigenvalue weighted by atomic mass is 9.94. The summed E-state index contributed by atoms with van der Waals surface area (Å²) in [5.74, 6) is 0.0105. The normalized spacial score (nSPS) is 16.6. The number of H-pyrrole nitrogens is 1. The van der Waals surface area contributed by atoms with Crippen LogP contribution in [0.2, 0.25) is 0 Å². The Bertz CT molecular complexity index is 1590. The number of Topliss-reactive ketones (excluding diaryl/α,β-unsaturated/α-hetero) is 1. The molecule has 0 unspecified atom stereocenters. The summed E-state index contributed by atoms with van der Waals surface area (Å²) >= 11 is 3.39. The van der Waals surface area contributed by atoms with Gasteiger partial charge in [-0.15, -0.1) is 0 Å². The number of aliphatic hydroxyl groups excluding tert-OH is 1. The Labute approximate surface area is 233 Å². The summed E-state index contributed by atoms with van der Waals surface area (Å²) < 4.78 is 17.3. The molecule has 0 saturated carbocycles. The molecule has 9 heteroatoms. The molecule has 2 heterocycles. The summed E-state index contributed by atoms with van der Waals surface area (Å²) in [5, 5.41) is 12.3. The number of ether oxygens (including phenoxy) is 3. The van der Waals surface area contributed by atoms with Crippen molar-refractivity contribution in [2.24, 2.45) is 0 Å². The first-order valence-electron chi connectivity index (χ1n) is 12.3. The fraction of sp³-hybridized carbons (Fsp3) is 0.200. The van der Waals surface area contributed by atoms with E-state index in [0.717, 1.165) is 26.7 Å². The summed E-state index contributed by atoms with van der Waals surface area (Å²) in [6, 6.07) is 16.9. The number of benzene rings is 3. The number of carbonyl (C=O) groups excluding carboxylic acids is 2. The Morgan fingerprint density at radius 2 is 1.64 bits per heavy atom. The van der Waals surface area contributed by atoms with Crippen LogP contribution < -0.4 is 14.2 Å². The van der Waals surface area contributed by atoms with Gasteiger partial charge in [0.1, 0.15) is 23.0 Å². The highest BCUT2D eigenvalue weighted by Crippen LogP contribution is 2.44. The summed E-state index contributed by atoms with van der Waals surface area (Å²) in [5.41, 5.74) is 2.86. The van der Waals surface area contributed by atoms with Crippen LogP contribution in [-0.4, -0.2) is 54.6 Å². The number of methoxy groups -OCH3 is 3. The van der Waals surface area contributed by atoms with Crippen LogP contribution in [-0.2, 0) is 16.0 Å². The lowest BCUT2D eigenvalue weighted by molar-refractivity contribution is -0.139. The number of amides is 1. The highest BCUT2D eigenvalue weighted by Gasteiger charge is 2.47. The standard InChI is InChI=1S/C30H27BrN2O6/c1-37-20-8-10-24-22(14-20)18(16-32-24)12-13-33-27(23-15-21(38-2)9-11-25(23)39-3)26(29(35)30(33)36)28(34)17-4-6-19(31)7-5-17/h4-11,14-16,27,32,34H,12-13H2,1-3H3/t27-/m1/s1. The minimum Gasteiger partial charge on any atom is -0.507 e. The van der Waals surface area contributed by atoms with Crippen LogP contribution >= 0.6 is 15.9 Å². The molecular weight excluding hydrogens is 564 g/mol. The fourth-order valence-corrected chi connectivity index (χ4v) is 5.25. The maximum absolute atomic E-state index is 13.5. The molecule has 1 atom stereocenters. The first kappa shape index (κ1) is 26.4. The number of aliphatic hydroxyl groups is 1. The SMILES string of the molecule is COc1ccc(OC)c([C@@H]2C(=C(O)c3ccc(Br)cc3)C(=O)C(=O)N2CCc2c[nH]c3ccc(OC)cc23)c1. The van der Waals surface area contributed by atoms with E-state index >= 15 is 0 Å². The maximum atomic E-state index is 13.5. The summed E-state index contributed by atoms with van der Waals surface area (Å²) in [6.45, 7) is 0.219. The van der Waals surface area contributed by atoms with Gasteiger partial charge >= 0.3 is 0 Å². The third kappa shape index (κ3) is 4.85. The Morgan fingerprint density at radius 3 is 2.33 bits per heavy atom. The van der Waals surface area contributed by atoms with Crippen LogP contribution in [0, 0.1) is 0 Å². The van der Waals surface area contributed by atoms with Crippen molar-refractivity contribution in [2.45, 2.75) is 12.5 Å². The van der Waals surface area contributed by atoms with Crippen molar-refractivity contribution < 1.29 is 28.9 Å². The lowest BCUT2D eigenvalue weighted by Crippen LogP contribution is -2.31. The minimum absolute atomic E-state index is 0.00512. The number of aromatic amines is 1. The van der Waals surface area contributed by atoms with E-state index in [1.807, 2.05) is 24.4 Å². The third-order valence-electron chi connectivity index (χ3n) is 6.99. The van der Waals surface area contributed by atoms with Crippen LogP contribution in [0.1, 0.15) is 22.7 Å². The number of hydrogen-bond acceptors (Lipinski definition) is 6. The molecule has 5 rings (SSSR count). The Hall–Kier alpha value is -4.24. The molecule has 1 aliphatic rings. The first-order chi connectivity index (χ1) is 18.9. The van der Waals surface area contributed by atoms with Crippen LogP contribution in [0.25, 0.3) is 16.7 Å². The Kier molecular flexibility index (Phi) is 7.34. The molecule has 0 aliphatic carbocycles. The molecule has 39 heavy (non-hydrogen) atoms. The molecule has 1 saturated heterocycles. The second-order valence-corrected chi connectivity index (χ2v) is 10.00. The molecule has 1 fully saturated rings. The second-order valence-electron chi connectivity index (χ2n) is 9.08.